The molecule has 1 aliphatic carbocycles. The highest BCUT2D eigenvalue weighted by atomic mass is 15.3. The lowest BCUT2D eigenvalue weighted by Gasteiger charge is -2.39. The van der Waals surface area contributed by atoms with Crippen LogP contribution in [-0.2, 0) is 13.1 Å². The molecule has 4 nitrogen and oxygen atoms in total. The fraction of sp³-hybridized carbons (Fsp3) is 0.800. The Balaban J connectivity index is 1.57. The Kier molecular flexibility index (Phi) is 4.18. The molecule has 1 aromatic heterocycles. The number of aromatic nitrogens is 2. The van der Waals surface area contributed by atoms with Crippen molar-refractivity contribution < 1.29 is 0 Å². The zero-order chi connectivity index (χ0) is 13.1. The van der Waals surface area contributed by atoms with E-state index in [0.29, 0.717) is 0 Å². The van der Waals surface area contributed by atoms with Crippen LogP contribution in [0, 0.1) is 0 Å². The van der Waals surface area contributed by atoms with Crippen LogP contribution in [-0.4, -0.2) is 39.6 Å². The summed E-state index contributed by atoms with van der Waals surface area (Å²) in [5.74, 6) is 1.25. The molecule has 2 aliphatic rings. The van der Waals surface area contributed by atoms with Gasteiger partial charge in [0, 0.05) is 37.6 Å². The molecule has 106 valence electrons. The van der Waals surface area contributed by atoms with Gasteiger partial charge >= 0.3 is 0 Å². The number of imidazole rings is 1. The molecule has 1 N–H and O–H groups in total. The van der Waals surface area contributed by atoms with E-state index < -0.39 is 0 Å². The summed E-state index contributed by atoms with van der Waals surface area (Å²) in [5, 5.41) is 3.71. The van der Waals surface area contributed by atoms with Gasteiger partial charge in [0.25, 0.3) is 0 Å². The molecular weight excluding hydrogens is 236 g/mol. The van der Waals surface area contributed by atoms with Gasteiger partial charge in [0.1, 0.15) is 5.82 Å². The van der Waals surface area contributed by atoms with Gasteiger partial charge < -0.3 is 9.88 Å². The standard InChI is InChI=1S/C15H26N4/c1-2-6-16-13-4-3-5-14(11-13)19-10-9-18-8-7-17-15(18)12-19/h7-8,13-14,16H,2-6,9-12H2,1H3. The number of hydrogen-bond acceptors (Lipinski definition) is 3. The molecule has 0 amide bonds. The number of hydrogen-bond donors (Lipinski definition) is 1. The van der Waals surface area contributed by atoms with Gasteiger partial charge in [-0.1, -0.05) is 13.3 Å². The largest absolute Gasteiger partial charge is 0.333 e. The van der Waals surface area contributed by atoms with E-state index in [4.69, 9.17) is 0 Å². The molecule has 0 bridgehead atoms. The van der Waals surface area contributed by atoms with E-state index in [2.05, 4.69) is 32.9 Å². The van der Waals surface area contributed by atoms with Crippen molar-refractivity contribution in [3.8, 4) is 0 Å². The Labute approximate surface area is 116 Å². The molecular formula is C15H26N4. The predicted octanol–water partition coefficient (Wildman–Crippen LogP) is 2.01. The zero-order valence-corrected chi connectivity index (χ0v) is 12.0. The summed E-state index contributed by atoms with van der Waals surface area (Å²) in [4.78, 5) is 7.13. The lowest BCUT2D eigenvalue weighted by atomic mass is 9.89. The zero-order valence-electron chi connectivity index (χ0n) is 12.0. The highest BCUT2D eigenvalue weighted by Gasteiger charge is 2.28. The van der Waals surface area contributed by atoms with Gasteiger partial charge in [0.05, 0.1) is 6.54 Å². The van der Waals surface area contributed by atoms with Crippen molar-refractivity contribution in [1.29, 1.82) is 0 Å². The van der Waals surface area contributed by atoms with Gasteiger partial charge in [0.15, 0.2) is 0 Å². The van der Waals surface area contributed by atoms with Gasteiger partial charge in [-0.25, -0.2) is 4.98 Å². The van der Waals surface area contributed by atoms with Gasteiger partial charge in [-0.3, -0.25) is 4.90 Å². The summed E-state index contributed by atoms with van der Waals surface area (Å²) in [5.41, 5.74) is 0. The highest BCUT2D eigenvalue weighted by molar-refractivity contribution is 4.97. The molecule has 2 heterocycles. The van der Waals surface area contributed by atoms with Crippen LogP contribution in [0.15, 0.2) is 12.4 Å². The average molecular weight is 262 g/mol. The third kappa shape index (κ3) is 3.00. The second-order valence-electron chi connectivity index (χ2n) is 5.98. The summed E-state index contributed by atoms with van der Waals surface area (Å²) >= 11 is 0. The molecule has 2 atom stereocenters. The monoisotopic (exact) mass is 262 g/mol. The maximum Gasteiger partial charge on any atom is 0.122 e. The summed E-state index contributed by atoms with van der Waals surface area (Å²) in [6.45, 7) is 6.76. The van der Waals surface area contributed by atoms with Crippen molar-refractivity contribution in [2.75, 3.05) is 13.1 Å². The first-order valence-electron chi connectivity index (χ1n) is 7.84. The molecule has 4 heteroatoms. The van der Waals surface area contributed by atoms with Crippen LogP contribution in [0.25, 0.3) is 0 Å². The van der Waals surface area contributed by atoms with Crippen LogP contribution in [0.3, 0.4) is 0 Å². The minimum absolute atomic E-state index is 0.736. The second kappa shape index (κ2) is 6.06. The van der Waals surface area contributed by atoms with Crippen LogP contribution in [0.4, 0.5) is 0 Å². The van der Waals surface area contributed by atoms with Crippen molar-refractivity contribution in [3.05, 3.63) is 18.2 Å². The fourth-order valence-electron chi connectivity index (χ4n) is 3.53. The van der Waals surface area contributed by atoms with E-state index in [1.54, 1.807) is 0 Å². The second-order valence-corrected chi connectivity index (χ2v) is 5.98. The molecule has 0 aromatic carbocycles. The van der Waals surface area contributed by atoms with Crippen molar-refractivity contribution in [3.63, 3.8) is 0 Å². The summed E-state index contributed by atoms with van der Waals surface area (Å²) in [6, 6.07) is 1.49. The topological polar surface area (TPSA) is 33.1 Å². The van der Waals surface area contributed by atoms with E-state index in [9.17, 15) is 0 Å². The Morgan fingerprint density at radius 3 is 3.21 bits per heavy atom. The normalized spacial score (nSPS) is 28.3. The van der Waals surface area contributed by atoms with Gasteiger partial charge in [-0.15, -0.1) is 0 Å². The molecule has 0 saturated heterocycles. The third-order valence-electron chi connectivity index (χ3n) is 4.62. The molecule has 1 aliphatic heterocycles. The Bertz CT molecular complexity index is 401. The van der Waals surface area contributed by atoms with Crippen LogP contribution in [0.5, 0.6) is 0 Å². The number of fused-ring (bicyclic) bond motifs is 1. The van der Waals surface area contributed by atoms with Crippen molar-refractivity contribution in [1.82, 2.24) is 19.8 Å². The van der Waals surface area contributed by atoms with E-state index in [-0.39, 0.29) is 0 Å². The maximum absolute atomic E-state index is 4.48. The summed E-state index contributed by atoms with van der Waals surface area (Å²) < 4.78 is 2.30. The Hall–Kier alpha value is -0.870. The maximum atomic E-state index is 4.48. The predicted molar refractivity (Wildman–Crippen MR) is 77.0 cm³/mol. The van der Waals surface area contributed by atoms with Crippen molar-refractivity contribution >= 4 is 0 Å². The Morgan fingerprint density at radius 1 is 1.37 bits per heavy atom. The minimum atomic E-state index is 0.736. The molecule has 0 radical (unpaired) electrons. The van der Waals surface area contributed by atoms with Crippen LogP contribution >= 0.6 is 0 Å². The van der Waals surface area contributed by atoms with Crippen molar-refractivity contribution in [2.45, 2.75) is 64.2 Å². The summed E-state index contributed by atoms with van der Waals surface area (Å²) in [7, 11) is 0. The van der Waals surface area contributed by atoms with E-state index in [1.165, 1.54) is 51.0 Å². The molecule has 2 unspecified atom stereocenters. The van der Waals surface area contributed by atoms with Crippen LogP contribution < -0.4 is 5.32 Å². The molecule has 1 fully saturated rings. The van der Waals surface area contributed by atoms with E-state index in [1.807, 2.05) is 6.20 Å². The Morgan fingerprint density at radius 2 is 2.32 bits per heavy atom. The first-order chi connectivity index (χ1) is 9.36. The van der Waals surface area contributed by atoms with E-state index >= 15 is 0 Å². The SMILES string of the molecule is CCCNC1CCCC(N2CCn3ccnc3C2)C1. The number of nitrogens with zero attached hydrogens (tertiary/aromatic N) is 3. The minimum Gasteiger partial charge on any atom is -0.333 e. The molecule has 3 rings (SSSR count). The number of rotatable bonds is 4. The quantitative estimate of drug-likeness (QED) is 0.901. The van der Waals surface area contributed by atoms with Crippen molar-refractivity contribution in [2.24, 2.45) is 0 Å². The first kappa shape index (κ1) is 13.1. The van der Waals surface area contributed by atoms with Gasteiger partial charge in [0.2, 0.25) is 0 Å². The van der Waals surface area contributed by atoms with E-state index in [0.717, 1.165) is 25.2 Å². The third-order valence-corrected chi connectivity index (χ3v) is 4.62. The molecule has 1 saturated carbocycles. The van der Waals surface area contributed by atoms with Crippen LogP contribution in [0.2, 0.25) is 0 Å². The molecule has 1 aromatic rings. The number of nitrogens with one attached hydrogen (secondary N) is 1. The lowest BCUT2D eigenvalue weighted by molar-refractivity contribution is 0.108. The smallest absolute Gasteiger partial charge is 0.122 e. The highest BCUT2D eigenvalue weighted by Crippen LogP contribution is 2.26. The fourth-order valence-corrected chi connectivity index (χ4v) is 3.53. The first-order valence-corrected chi connectivity index (χ1v) is 7.84. The molecule has 19 heavy (non-hydrogen) atoms. The van der Waals surface area contributed by atoms with Crippen LogP contribution in [0.1, 0.15) is 44.9 Å². The van der Waals surface area contributed by atoms with Gasteiger partial charge in [-0.2, -0.15) is 0 Å². The molecule has 0 spiro atoms. The lowest BCUT2D eigenvalue weighted by Crippen LogP contribution is -2.47. The average Bonchev–Trinajstić information content (AvgIpc) is 2.92. The van der Waals surface area contributed by atoms with Gasteiger partial charge in [-0.05, 0) is 32.2 Å². The summed E-state index contributed by atoms with van der Waals surface area (Å²) in [6.07, 6.45) is 10.7.